The van der Waals surface area contributed by atoms with Crippen molar-refractivity contribution >= 4 is 23.1 Å². The molecule has 140 valence electrons. The molecular formula is C22H18FN3S2. The lowest BCUT2D eigenvalue weighted by Gasteiger charge is -2.03. The number of aryl methyl sites for hydroxylation is 2. The summed E-state index contributed by atoms with van der Waals surface area (Å²) in [5, 5.41) is 10.5. The number of halogens is 1. The number of rotatable bonds is 5. The van der Waals surface area contributed by atoms with E-state index >= 15 is 0 Å². The monoisotopic (exact) mass is 407 g/mol. The van der Waals surface area contributed by atoms with Crippen molar-refractivity contribution in [2.24, 2.45) is 0 Å². The van der Waals surface area contributed by atoms with Crippen LogP contribution in [0.5, 0.6) is 0 Å². The Bertz CT molecular complexity index is 1070. The molecule has 0 fully saturated rings. The Kier molecular flexibility index (Phi) is 5.50. The summed E-state index contributed by atoms with van der Waals surface area (Å²) < 4.78 is 13.1. The largest absolute Gasteiger partial charge is 0.241 e. The maximum Gasteiger partial charge on any atom is 0.124 e. The highest BCUT2D eigenvalue weighted by Gasteiger charge is 2.13. The van der Waals surface area contributed by atoms with E-state index in [1.807, 2.05) is 19.1 Å². The number of benzene rings is 2. The lowest BCUT2D eigenvalue weighted by Crippen LogP contribution is -1.90. The predicted molar refractivity (Wildman–Crippen MR) is 114 cm³/mol. The number of hydrogen-bond acceptors (Lipinski definition) is 5. The highest BCUT2D eigenvalue weighted by Crippen LogP contribution is 2.34. The Hall–Kier alpha value is -2.57. The highest BCUT2D eigenvalue weighted by atomic mass is 32.2. The summed E-state index contributed by atoms with van der Waals surface area (Å²) in [7, 11) is 0. The van der Waals surface area contributed by atoms with Crippen LogP contribution in [-0.4, -0.2) is 15.2 Å². The van der Waals surface area contributed by atoms with Crippen LogP contribution in [-0.2, 0) is 5.75 Å². The van der Waals surface area contributed by atoms with Gasteiger partial charge in [-0.1, -0.05) is 41.6 Å². The average Bonchev–Trinajstić information content (AvgIpc) is 3.10. The van der Waals surface area contributed by atoms with Crippen molar-refractivity contribution in [3.05, 3.63) is 83.3 Å². The van der Waals surface area contributed by atoms with Gasteiger partial charge in [0.05, 0.1) is 10.6 Å². The van der Waals surface area contributed by atoms with Gasteiger partial charge in [0.15, 0.2) is 0 Å². The molecule has 0 aliphatic heterocycles. The molecule has 28 heavy (non-hydrogen) atoms. The van der Waals surface area contributed by atoms with Gasteiger partial charge in [-0.2, -0.15) is 0 Å². The standard InChI is InChI=1S/C22H18FN3S2/c1-14-3-5-16(6-4-14)13-27-20-12-11-19(25-26-20)21-15(2)24-22(28-21)17-7-9-18(23)10-8-17/h3-12H,13H2,1-2H3. The minimum absolute atomic E-state index is 0.248. The van der Waals surface area contributed by atoms with Crippen molar-refractivity contribution in [1.29, 1.82) is 0 Å². The van der Waals surface area contributed by atoms with Gasteiger partial charge in [-0.15, -0.1) is 21.5 Å². The van der Waals surface area contributed by atoms with Crippen LogP contribution in [0, 0.1) is 19.7 Å². The molecule has 6 heteroatoms. The second kappa shape index (κ2) is 8.20. The van der Waals surface area contributed by atoms with Crippen LogP contribution in [0.15, 0.2) is 65.7 Å². The molecule has 0 saturated carbocycles. The molecule has 2 heterocycles. The first-order valence-electron chi connectivity index (χ1n) is 8.84. The maximum atomic E-state index is 13.1. The molecule has 4 rings (SSSR count). The van der Waals surface area contributed by atoms with E-state index in [1.54, 1.807) is 35.2 Å². The second-order valence-corrected chi connectivity index (χ2v) is 8.47. The molecule has 2 aromatic carbocycles. The van der Waals surface area contributed by atoms with E-state index in [9.17, 15) is 4.39 Å². The van der Waals surface area contributed by atoms with Crippen LogP contribution >= 0.6 is 23.1 Å². The van der Waals surface area contributed by atoms with Crippen molar-refractivity contribution in [1.82, 2.24) is 15.2 Å². The first-order chi connectivity index (χ1) is 13.6. The molecule has 0 radical (unpaired) electrons. The van der Waals surface area contributed by atoms with Gasteiger partial charge < -0.3 is 0 Å². The summed E-state index contributed by atoms with van der Waals surface area (Å²) in [6, 6.07) is 18.9. The molecule has 0 bridgehead atoms. The molecule has 0 amide bonds. The highest BCUT2D eigenvalue weighted by molar-refractivity contribution is 7.98. The minimum Gasteiger partial charge on any atom is -0.241 e. The molecule has 0 unspecified atom stereocenters. The van der Waals surface area contributed by atoms with Crippen LogP contribution in [0.4, 0.5) is 4.39 Å². The van der Waals surface area contributed by atoms with Gasteiger partial charge in [-0.3, -0.25) is 0 Å². The zero-order valence-corrected chi connectivity index (χ0v) is 17.1. The summed E-state index contributed by atoms with van der Waals surface area (Å²) in [6.45, 7) is 4.05. The number of hydrogen-bond donors (Lipinski definition) is 0. The minimum atomic E-state index is -0.248. The molecule has 3 nitrogen and oxygen atoms in total. The molecule has 2 aromatic heterocycles. The third-order valence-electron chi connectivity index (χ3n) is 4.27. The van der Waals surface area contributed by atoms with Crippen molar-refractivity contribution in [3.63, 3.8) is 0 Å². The Balaban J connectivity index is 1.49. The van der Waals surface area contributed by atoms with Gasteiger partial charge in [-0.25, -0.2) is 9.37 Å². The quantitative estimate of drug-likeness (QED) is 0.363. The van der Waals surface area contributed by atoms with E-state index < -0.39 is 0 Å². The molecule has 0 N–H and O–H groups in total. The van der Waals surface area contributed by atoms with E-state index in [0.29, 0.717) is 0 Å². The Morgan fingerprint density at radius 3 is 2.32 bits per heavy atom. The summed E-state index contributed by atoms with van der Waals surface area (Å²) in [5.74, 6) is 0.615. The lowest BCUT2D eigenvalue weighted by molar-refractivity contribution is 0.628. The molecule has 4 aromatic rings. The summed E-state index contributed by atoms with van der Waals surface area (Å²) in [4.78, 5) is 5.60. The number of nitrogens with zero attached hydrogens (tertiary/aromatic N) is 3. The van der Waals surface area contributed by atoms with Gasteiger partial charge >= 0.3 is 0 Å². The predicted octanol–water partition coefficient (Wildman–Crippen LogP) is 6.32. The fraction of sp³-hybridized carbons (Fsp3) is 0.136. The first-order valence-corrected chi connectivity index (χ1v) is 10.6. The number of aromatic nitrogens is 3. The number of thioether (sulfide) groups is 1. The van der Waals surface area contributed by atoms with E-state index in [2.05, 4.69) is 46.4 Å². The Morgan fingerprint density at radius 1 is 0.893 bits per heavy atom. The van der Waals surface area contributed by atoms with Crippen molar-refractivity contribution < 1.29 is 4.39 Å². The van der Waals surface area contributed by atoms with Crippen LogP contribution in [0.25, 0.3) is 21.1 Å². The van der Waals surface area contributed by atoms with Crippen molar-refractivity contribution in [3.8, 4) is 21.1 Å². The fourth-order valence-corrected chi connectivity index (χ4v) is 4.52. The molecule has 0 spiro atoms. The lowest BCUT2D eigenvalue weighted by atomic mass is 10.2. The smallest absolute Gasteiger partial charge is 0.124 e. The molecule has 0 atom stereocenters. The molecule has 0 aliphatic rings. The van der Waals surface area contributed by atoms with Crippen molar-refractivity contribution in [2.45, 2.75) is 24.6 Å². The van der Waals surface area contributed by atoms with E-state index in [0.717, 1.165) is 37.6 Å². The van der Waals surface area contributed by atoms with Gasteiger partial charge in [0.2, 0.25) is 0 Å². The summed E-state index contributed by atoms with van der Waals surface area (Å²) in [5.41, 5.74) is 5.14. The molecule has 0 saturated heterocycles. The maximum absolute atomic E-state index is 13.1. The van der Waals surface area contributed by atoms with Gasteiger partial charge in [0.1, 0.15) is 21.5 Å². The van der Waals surface area contributed by atoms with Crippen LogP contribution in [0.2, 0.25) is 0 Å². The third kappa shape index (κ3) is 4.29. The molecular weight excluding hydrogens is 389 g/mol. The van der Waals surface area contributed by atoms with E-state index in [1.165, 1.54) is 23.3 Å². The fourth-order valence-electron chi connectivity index (χ4n) is 2.71. The normalized spacial score (nSPS) is 11.0. The average molecular weight is 408 g/mol. The zero-order valence-electron chi connectivity index (χ0n) is 15.5. The summed E-state index contributed by atoms with van der Waals surface area (Å²) >= 11 is 3.22. The van der Waals surface area contributed by atoms with Crippen LogP contribution < -0.4 is 0 Å². The third-order valence-corrected chi connectivity index (χ3v) is 6.49. The topological polar surface area (TPSA) is 38.7 Å². The van der Waals surface area contributed by atoms with Gasteiger partial charge in [0, 0.05) is 11.3 Å². The Labute approximate surface area is 171 Å². The van der Waals surface area contributed by atoms with E-state index in [-0.39, 0.29) is 5.82 Å². The second-order valence-electron chi connectivity index (χ2n) is 6.47. The first kappa shape index (κ1) is 18.8. The SMILES string of the molecule is Cc1ccc(CSc2ccc(-c3sc(-c4ccc(F)cc4)nc3C)nn2)cc1. The summed E-state index contributed by atoms with van der Waals surface area (Å²) in [6.07, 6.45) is 0. The van der Waals surface area contributed by atoms with Crippen LogP contribution in [0.3, 0.4) is 0 Å². The zero-order chi connectivity index (χ0) is 19.5. The van der Waals surface area contributed by atoms with Gasteiger partial charge in [-0.05, 0) is 55.8 Å². The number of thiazole rings is 1. The van der Waals surface area contributed by atoms with E-state index in [4.69, 9.17) is 0 Å². The van der Waals surface area contributed by atoms with Crippen LogP contribution in [0.1, 0.15) is 16.8 Å². The Morgan fingerprint density at radius 2 is 1.64 bits per heavy atom. The van der Waals surface area contributed by atoms with Crippen molar-refractivity contribution in [2.75, 3.05) is 0 Å². The molecule has 0 aliphatic carbocycles. The van der Waals surface area contributed by atoms with Gasteiger partial charge in [0.25, 0.3) is 0 Å².